The number of ketones is 1. The number of rotatable bonds is 7. The highest BCUT2D eigenvalue weighted by Crippen LogP contribution is 2.75. The summed E-state index contributed by atoms with van der Waals surface area (Å²) in [4.78, 5) is 60.4. The van der Waals surface area contributed by atoms with Crippen molar-refractivity contribution < 1.29 is 29.0 Å². The fraction of sp³-hybridized carbons (Fsp3) is 0.750. The lowest BCUT2D eigenvalue weighted by atomic mass is 9.34. The van der Waals surface area contributed by atoms with E-state index in [4.69, 9.17) is 4.74 Å². The van der Waals surface area contributed by atoms with Crippen LogP contribution in [0.25, 0.3) is 0 Å². The molecule has 5 aliphatic carbocycles. The summed E-state index contributed by atoms with van der Waals surface area (Å²) in [5.74, 6) is -0.691. The summed E-state index contributed by atoms with van der Waals surface area (Å²) in [5.41, 5.74) is 0.828. The van der Waals surface area contributed by atoms with Gasteiger partial charge in [0, 0.05) is 30.1 Å². The van der Waals surface area contributed by atoms with Gasteiger partial charge in [0.1, 0.15) is 18.2 Å². The van der Waals surface area contributed by atoms with Crippen LogP contribution >= 0.6 is 0 Å². The molecule has 3 unspecified atom stereocenters. The zero-order valence-electron chi connectivity index (χ0n) is 31.1. The van der Waals surface area contributed by atoms with Crippen LogP contribution in [0, 0.1) is 50.7 Å². The molecule has 0 saturated heterocycles. The fourth-order valence-corrected chi connectivity index (χ4v) is 12.2. The van der Waals surface area contributed by atoms with Crippen LogP contribution in [0.5, 0.6) is 0 Å². The maximum atomic E-state index is 13.9. The highest BCUT2D eigenvalue weighted by molar-refractivity contribution is 5.97. The van der Waals surface area contributed by atoms with Gasteiger partial charge >= 0.3 is 11.9 Å². The van der Waals surface area contributed by atoms with E-state index in [-0.39, 0.29) is 57.7 Å². The number of hydrogen-bond donors (Lipinski definition) is 2. The van der Waals surface area contributed by atoms with Gasteiger partial charge in [0.2, 0.25) is 0 Å². The average Bonchev–Trinajstić information content (AvgIpc) is 3.30. The maximum absolute atomic E-state index is 13.9. The first-order chi connectivity index (χ1) is 22.7. The molecule has 49 heavy (non-hydrogen) atoms. The van der Waals surface area contributed by atoms with Gasteiger partial charge in [-0.15, -0.1) is 0 Å². The molecule has 0 radical (unpaired) electrons. The predicted octanol–water partition coefficient (Wildman–Crippen LogP) is 7.35. The van der Waals surface area contributed by atoms with Crippen LogP contribution in [0.15, 0.2) is 29.9 Å². The summed E-state index contributed by atoms with van der Waals surface area (Å²) in [6, 6.07) is 0. The topological polar surface area (TPSA) is 136 Å². The fourth-order valence-electron chi connectivity index (χ4n) is 12.2. The first kappa shape index (κ1) is 35.7. The van der Waals surface area contributed by atoms with Crippen LogP contribution in [0.4, 0.5) is 0 Å². The number of carboxylic acids is 1. The molecule has 0 bridgehead atoms. The number of allylic oxidation sites excluding steroid dienone is 1. The van der Waals surface area contributed by atoms with Crippen LogP contribution in [0.1, 0.15) is 137 Å². The van der Waals surface area contributed by atoms with E-state index in [1.165, 1.54) is 29.9 Å². The predicted molar refractivity (Wildman–Crippen MR) is 185 cm³/mol. The SMILES string of the molecule is CC(C)C1C(=O)C[C@]2(NC(=O)c3cncnc3)CC[C@]3(C)C(=C12)CCC1[C@@]2(C)CC[C@H](OC(=O)CC(C)(C)C(=O)O)C(C)(C)C2CC[C@]13C. The Balaban J connectivity index is 1.33. The number of carbonyl (C=O) groups excluding carboxylic acids is 3. The summed E-state index contributed by atoms with van der Waals surface area (Å²) in [6.45, 7) is 19.4. The Hall–Kier alpha value is -3.10. The number of aliphatic carboxylic acids is 1. The summed E-state index contributed by atoms with van der Waals surface area (Å²) in [6.07, 6.45) is 11.8. The number of fused-ring (bicyclic) bond motifs is 6. The quantitative estimate of drug-likeness (QED) is 0.226. The van der Waals surface area contributed by atoms with Gasteiger partial charge in [-0.3, -0.25) is 19.2 Å². The zero-order chi connectivity index (χ0) is 35.9. The molecule has 6 rings (SSSR count). The van der Waals surface area contributed by atoms with Crippen LogP contribution in [0.2, 0.25) is 0 Å². The molecule has 2 N–H and O–H groups in total. The zero-order valence-corrected chi connectivity index (χ0v) is 31.1. The lowest BCUT2D eigenvalue weighted by Gasteiger charge is -2.70. The van der Waals surface area contributed by atoms with E-state index in [1.807, 2.05) is 0 Å². The van der Waals surface area contributed by atoms with Crippen LogP contribution < -0.4 is 5.32 Å². The number of carboxylic acid groups (broad SMARTS) is 1. The number of amides is 1. The van der Waals surface area contributed by atoms with Crippen molar-refractivity contribution in [1.29, 1.82) is 0 Å². The van der Waals surface area contributed by atoms with E-state index in [1.54, 1.807) is 13.8 Å². The van der Waals surface area contributed by atoms with Gasteiger partial charge in [-0.1, -0.05) is 54.0 Å². The van der Waals surface area contributed by atoms with E-state index in [2.05, 4.69) is 63.8 Å². The Morgan fingerprint density at radius 2 is 1.65 bits per heavy atom. The molecule has 0 aliphatic heterocycles. The molecule has 4 fully saturated rings. The van der Waals surface area contributed by atoms with Crippen molar-refractivity contribution in [3.05, 3.63) is 35.4 Å². The van der Waals surface area contributed by atoms with Crippen molar-refractivity contribution >= 4 is 23.6 Å². The highest BCUT2D eigenvalue weighted by atomic mass is 16.5. The molecule has 1 amide bonds. The summed E-state index contributed by atoms with van der Waals surface area (Å²) in [7, 11) is 0. The van der Waals surface area contributed by atoms with Crippen molar-refractivity contribution in [2.24, 2.45) is 50.7 Å². The largest absolute Gasteiger partial charge is 0.481 e. The van der Waals surface area contributed by atoms with Gasteiger partial charge in [-0.25, -0.2) is 9.97 Å². The highest BCUT2D eigenvalue weighted by Gasteiger charge is 2.69. The Bertz CT molecular complexity index is 1580. The molecule has 1 heterocycles. The van der Waals surface area contributed by atoms with E-state index in [9.17, 15) is 24.3 Å². The normalized spacial score (nSPS) is 38.2. The van der Waals surface area contributed by atoms with E-state index in [0.717, 1.165) is 51.4 Å². The number of esters is 1. The maximum Gasteiger partial charge on any atom is 0.309 e. The molecule has 1 aromatic rings. The minimum atomic E-state index is -1.17. The standard InChI is InChI=1S/C40H57N3O6/c1-23(2)31-26(44)18-40(43-33(46)24-20-41-22-42-21-24)17-16-38(8)25(32(31)40)10-11-28-37(7)14-13-29(49-30(45)19-35(3,4)34(47)48)36(5,6)27(37)12-15-39(28,38)9/h20-23,27-29,31H,10-19H2,1-9H3,(H,43,46)(H,47,48)/t27?,28?,29-,31?,37-,38+,39+,40+/m0/s1. The van der Waals surface area contributed by atoms with Crippen LogP contribution in [-0.4, -0.2) is 50.3 Å². The van der Waals surface area contributed by atoms with Crippen LogP contribution in [0.3, 0.4) is 0 Å². The van der Waals surface area contributed by atoms with E-state index in [0.29, 0.717) is 23.8 Å². The van der Waals surface area contributed by atoms with Crippen molar-refractivity contribution in [3.63, 3.8) is 0 Å². The lowest BCUT2D eigenvalue weighted by molar-refractivity contribution is -0.214. The second-order valence-corrected chi connectivity index (χ2v) is 18.6. The second-order valence-electron chi connectivity index (χ2n) is 18.6. The number of ether oxygens (including phenoxy) is 1. The second kappa shape index (κ2) is 11.7. The Morgan fingerprint density at radius 3 is 2.29 bits per heavy atom. The monoisotopic (exact) mass is 675 g/mol. The molecule has 9 nitrogen and oxygen atoms in total. The molecule has 0 spiro atoms. The molecular formula is C40H57N3O6. The van der Waals surface area contributed by atoms with Gasteiger partial charge in [-0.05, 0) is 105 Å². The molecule has 268 valence electrons. The Morgan fingerprint density at radius 1 is 0.980 bits per heavy atom. The molecule has 8 atom stereocenters. The third kappa shape index (κ3) is 5.30. The number of nitrogens with one attached hydrogen (secondary N) is 1. The Labute approximate surface area is 291 Å². The first-order valence-corrected chi connectivity index (χ1v) is 18.5. The van der Waals surface area contributed by atoms with E-state index < -0.39 is 22.9 Å². The summed E-state index contributed by atoms with van der Waals surface area (Å²) in [5, 5.41) is 13.0. The molecule has 5 aliphatic rings. The van der Waals surface area contributed by atoms with Gasteiger partial charge < -0.3 is 15.2 Å². The molecule has 0 aromatic carbocycles. The molecule has 9 heteroatoms. The van der Waals surface area contributed by atoms with Crippen molar-refractivity contribution in [2.45, 2.75) is 138 Å². The molecule has 1 aromatic heterocycles. The van der Waals surface area contributed by atoms with Gasteiger partial charge in [-0.2, -0.15) is 0 Å². The number of Topliss-reactive ketones (excluding diaryl/α,β-unsaturated/α-hetero) is 1. The summed E-state index contributed by atoms with van der Waals surface area (Å²) >= 11 is 0. The van der Waals surface area contributed by atoms with Crippen molar-refractivity contribution in [1.82, 2.24) is 15.3 Å². The van der Waals surface area contributed by atoms with Gasteiger partial charge in [0.15, 0.2) is 0 Å². The van der Waals surface area contributed by atoms with Crippen molar-refractivity contribution in [2.75, 3.05) is 0 Å². The minimum Gasteiger partial charge on any atom is -0.481 e. The Kier molecular flexibility index (Phi) is 8.55. The smallest absolute Gasteiger partial charge is 0.309 e. The first-order valence-electron chi connectivity index (χ1n) is 18.5. The van der Waals surface area contributed by atoms with Gasteiger partial charge in [0.05, 0.1) is 22.9 Å². The molecular weight excluding hydrogens is 618 g/mol. The third-order valence-electron chi connectivity index (χ3n) is 14.9. The number of carbonyl (C=O) groups is 4. The number of hydrogen-bond acceptors (Lipinski definition) is 7. The summed E-state index contributed by atoms with van der Waals surface area (Å²) < 4.78 is 6.14. The van der Waals surface area contributed by atoms with Gasteiger partial charge in [0.25, 0.3) is 5.91 Å². The average molecular weight is 676 g/mol. The number of aromatic nitrogens is 2. The minimum absolute atomic E-state index is 0.000540. The van der Waals surface area contributed by atoms with E-state index >= 15 is 0 Å². The lowest BCUT2D eigenvalue weighted by Crippen LogP contribution is -2.65. The molecule has 4 saturated carbocycles. The third-order valence-corrected chi connectivity index (χ3v) is 14.9. The van der Waals surface area contributed by atoms with Crippen LogP contribution in [-0.2, 0) is 19.1 Å². The van der Waals surface area contributed by atoms with Crippen molar-refractivity contribution in [3.8, 4) is 0 Å². The number of nitrogens with zero attached hydrogens (tertiary/aromatic N) is 2.